The zero-order chi connectivity index (χ0) is 11.3. The summed E-state index contributed by atoms with van der Waals surface area (Å²) in [4.78, 5) is 11.0. The maximum absolute atomic E-state index is 11.0. The van der Waals surface area contributed by atoms with E-state index in [-0.39, 0.29) is 19.1 Å². The number of hydrogen-bond acceptors (Lipinski definition) is 3. The molecule has 82 valence electrons. The van der Waals surface area contributed by atoms with Crippen LogP contribution in [0.5, 0.6) is 5.75 Å². The number of amides is 1. The molecule has 0 aliphatic heterocycles. The predicted octanol–water partition coefficient (Wildman–Crippen LogP) is 0.612. The van der Waals surface area contributed by atoms with Crippen LogP contribution in [0.25, 0.3) is 0 Å². The molecule has 0 atom stereocenters. The highest BCUT2D eigenvalue weighted by molar-refractivity contribution is 5.77. The molecule has 4 heteroatoms. The standard InChI is InChI=1S/C11H15NO3/c1-8-4-3-5-9(6-13)11(8)15-7-10(14)12-2/h3-5,13H,6-7H2,1-2H3,(H,12,14). The van der Waals surface area contributed by atoms with Crippen LogP contribution in [-0.4, -0.2) is 24.7 Å². The fraction of sp³-hybridized carbons (Fsp3) is 0.364. The number of nitrogens with one attached hydrogen (secondary N) is 1. The van der Waals surface area contributed by atoms with Crippen molar-refractivity contribution in [3.8, 4) is 5.75 Å². The summed E-state index contributed by atoms with van der Waals surface area (Å²) in [6, 6.07) is 5.48. The second kappa shape index (κ2) is 5.36. The van der Waals surface area contributed by atoms with Gasteiger partial charge in [0.15, 0.2) is 6.61 Å². The molecule has 0 heterocycles. The lowest BCUT2D eigenvalue weighted by molar-refractivity contribution is -0.122. The molecule has 0 saturated heterocycles. The zero-order valence-electron chi connectivity index (χ0n) is 8.91. The molecule has 0 spiro atoms. The molecule has 1 aromatic rings. The maximum Gasteiger partial charge on any atom is 0.257 e. The largest absolute Gasteiger partial charge is 0.483 e. The normalized spacial score (nSPS) is 9.80. The molecule has 4 nitrogen and oxygen atoms in total. The fourth-order valence-corrected chi connectivity index (χ4v) is 1.25. The fourth-order valence-electron chi connectivity index (χ4n) is 1.25. The molecule has 15 heavy (non-hydrogen) atoms. The molecule has 1 amide bonds. The van der Waals surface area contributed by atoms with Crippen molar-refractivity contribution in [1.82, 2.24) is 5.32 Å². The first-order chi connectivity index (χ1) is 7.19. The first-order valence-corrected chi connectivity index (χ1v) is 4.71. The molecule has 1 aromatic carbocycles. The number of aliphatic hydroxyl groups excluding tert-OH is 1. The molecular formula is C11H15NO3. The molecule has 1 rings (SSSR count). The van der Waals surface area contributed by atoms with E-state index in [1.165, 1.54) is 0 Å². The van der Waals surface area contributed by atoms with Crippen molar-refractivity contribution in [2.75, 3.05) is 13.7 Å². The monoisotopic (exact) mass is 209 g/mol. The number of carbonyl (C=O) groups is 1. The summed E-state index contributed by atoms with van der Waals surface area (Å²) >= 11 is 0. The number of benzene rings is 1. The quantitative estimate of drug-likeness (QED) is 0.764. The predicted molar refractivity (Wildman–Crippen MR) is 56.7 cm³/mol. The van der Waals surface area contributed by atoms with Crippen molar-refractivity contribution < 1.29 is 14.6 Å². The summed E-state index contributed by atoms with van der Waals surface area (Å²) < 4.78 is 5.34. The Morgan fingerprint density at radius 1 is 1.53 bits per heavy atom. The van der Waals surface area contributed by atoms with Gasteiger partial charge in [-0.15, -0.1) is 0 Å². The third-order valence-corrected chi connectivity index (χ3v) is 2.09. The van der Waals surface area contributed by atoms with Crippen LogP contribution in [-0.2, 0) is 11.4 Å². The third-order valence-electron chi connectivity index (χ3n) is 2.09. The number of carbonyl (C=O) groups excluding carboxylic acids is 1. The first kappa shape index (κ1) is 11.5. The van der Waals surface area contributed by atoms with E-state index in [1.54, 1.807) is 13.1 Å². The van der Waals surface area contributed by atoms with E-state index >= 15 is 0 Å². The Morgan fingerprint density at radius 3 is 2.87 bits per heavy atom. The SMILES string of the molecule is CNC(=O)COc1c(C)cccc1CO. The van der Waals surface area contributed by atoms with Gasteiger partial charge in [-0.2, -0.15) is 0 Å². The van der Waals surface area contributed by atoms with Crippen molar-refractivity contribution in [3.63, 3.8) is 0 Å². The summed E-state index contributed by atoms with van der Waals surface area (Å²) in [6.07, 6.45) is 0. The van der Waals surface area contributed by atoms with Gasteiger partial charge in [-0.25, -0.2) is 0 Å². The number of aliphatic hydroxyl groups is 1. The highest BCUT2D eigenvalue weighted by atomic mass is 16.5. The molecule has 2 N–H and O–H groups in total. The molecule has 0 fully saturated rings. The minimum atomic E-state index is -0.192. The number of rotatable bonds is 4. The van der Waals surface area contributed by atoms with Gasteiger partial charge in [0.25, 0.3) is 5.91 Å². The highest BCUT2D eigenvalue weighted by Crippen LogP contribution is 2.23. The van der Waals surface area contributed by atoms with Crippen molar-refractivity contribution >= 4 is 5.91 Å². The van der Waals surface area contributed by atoms with Crippen LogP contribution in [0.1, 0.15) is 11.1 Å². The van der Waals surface area contributed by atoms with Crippen LogP contribution in [0.4, 0.5) is 0 Å². The topological polar surface area (TPSA) is 58.6 Å². The Bertz CT molecular complexity index is 350. The van der Waals surface area contributed by atoms with Gasteiger partial charge < -0.3 is 15.2 Å². The minimum Gasteiger partial charge on any atom is -0.483 e. The Morgan fingerprint density at radius 2 is 2.27 bits per heavy atom. The van der Waals surface area contributed by atoms with E-state index in [1.807, 2.05) is 19.1 Å². The Balaban J connectivity index is 2.78. The highest BCUT2D eigenvalue weighted by Gasteiger charge is 2.07. The summed E-state index contributed by atoms with van der Waals surface area (Å²) in [5.41, 5.74) is 1.60. The van der Waals surface area contributed by atoms with E-state index in [4.69, 9.17) is 9.84 Å². The lowest BCUT2D eigenvalue weighted by Gasteiger charge is -2.11. The Kier molecular flexibility index (Phi) is 4.12. The van der Waals surface area contributed by atoms with E-state index in [2.05, 4.69) is 5.32 Å². The molecule has 0 aromatic heterocycles. The Hall–Kier alpha value is -1.55. The number of likely N-dealkylation sites (N-methyl/N-ethyl adjacent to an activating group) is 1. The van der Waals surface area contributed by atoms with Gasteiger partial charge in [-0.3, -0.25) is 4.79 Å². The number of aryl methyl sites for hydroxylation is 1. The van der Waals surface area contributed by atoms with Crippen molar-refractivity contribution in [2.45, 2.75) is 13.5 Å². The van der Waals surface area contributed by atoms with Crippen LogP contribution < -0.4 is 10.1 Å². The van der Waals surface area contributed by atoms with Gasteiger partial charge in [0.05, 0.1) is 6.61 Å². The van der Waals surface area contributed by atoms with Gasteiger partial charge >= 0.3 is 0 Å². The second-order valence-corrected chi connectivity index (χ2v) is 3.18. The molecule has 0 saturated carbocycles. The van der Waals surface area contributed by atoms with E-state index in [0.29, 0.717) is 11.3 Å². The summed E-state index contributed by atoms with van der Waals surface area (Å²) in [5.74, 6) is 0.394. The number of ether oxygens (including phenoxy) is 1. The van der Waals surface area contributed by atoms with Crippen molar-refractivity contribution in [3.05, 3.63) is 29.3 Å². The molecule has 0 unspecified atom stereocenters. The summed E-state index contributed by atoms with van der Waals surface area (Å²) in [7, 11) is 1.55. The van der Waals surface area contributed by atoms with Crippen LogP contribution in [0.2, 0.25) is 0 Å². The van der Waals surface area contributed by atoms with E-state index in [0.717, 1.165) is 5.56 Å². The zero-order valence-corrected chi connectivity index (χ0v) is 8.91. The van der Waals surface area contributed by atoms with Crippen LogP contribution in [0.15, 0.2) is 18.2 Å². The van der Waals surface area contributed by atoms with Gasteiger partial charge in [-0.05, 0) is 12.5 Å². The van der Waals surface area contributed by atoms with Crippen molar-refractivity contribution in [1.29, 1.82) is 0 Å². The minimum absolute atomic E-state index is 0.0334. The average molecular weight is 209 g/mol. The van der Waals surface area contributed by atoms with Crippen LogP contribution in [0, 0.1) is 6.92 Å². The van der Waals surface area contributed by atoms with Crippen LogP contribution in [0.3, 0.4) is 0 Å². The van der Waals surface area contributed by atoms with Gasteiger partial charge in [0.1, 0.15) is 5.75 Å². The molecule has 0 radical (unpaired) electrons. The lowest BCUT2D eigenvalue weighted by atomic mass is 10.1. The number of hydrogen-bond donors (Lipinski definition) is 2. The molecule has 0 bridgehead atoms. The maximum atomic E-state index is 11.0. The number of para-hydroxylation sites is 1. The first-order valence-electron chi connectivity index (χ1n) is 4.71. The molecule has 0 aliphatic rings. The summed E-state index contributed by atoms with van der Waals surface area (Å²) in [5, 5.41) is 11.6. The summed E-state index contributed by atoms with van der Waals surface area (Å²) in [6.45, 7) is 1.75. The molecule has 0 aliphatic carbocycles. The van der Waals surface area contributed by atoms with E-state index < -0.39 is 0 Å². The van der Waals surface area contributed by atoms with Crippen LogP contribution >= 0.6 is 0 Å². The molecular weight excluding hydrogens is 194 g/mol. The second-order valence-electron chi connectivity index (χ2n) is 3.18. The van der Waals surface area contributed by atoms with Gasteiger partial charge in [0.2, 0.25) is 0 Å². The lowest BCUT2D eigenvalue weighted by Crippen LogP contribution is -2.25. The van der Waals surface area contributed by atoms with Gasteiger partial charge in [0, 0.05) is 12.6 Å². The van der Waals surface area contributed by atoms with Gasteiger partial charge in [-0.1, -0.05) is 18.2 Å². The average Bonchev–Trinajstić information content (AvgIpc) is 2.26. The van der Waals surface area contributed by atoms with E-state index in [9.17, 15) is 4.79 Å². The Labute approximate surface area is 88.9 Å². The third kappa shape index (κ3) is 2.95. The smallest absolute Gasteiger partial charge is 0.257 e. The van der Waals surface area contributed by atoms with Crippen molar-refractivity contribution in [2.24, 2.45) is 0 Å².